The van der Waals surface area contributed by atoms with Crippen molar-refractivity contribution in [3.05, 3.63) is 35.5 Å². The zero-order valence-corrected chi connectivity index (χ0v) is 19.2. The number of amides is 2. The highest BCUT2D eigenvalue weighted by Gasteiger charge is 2.39. The van der Waals surface area contributed by atoms with Gasteiger partial charge in [-0.25, -0.2) is 4.98 Å². The molecule has 0 aromatic carbocycles. The lowest BCUT2D eigenvalue weighted by molar-refractivity contribution is -0.114. The van der Waals surface area contributed by atoms with Crippen molar-refractivity contribution in [1.82, 2.24) is 20.5 Å². The number of aliphatic imine (C=N–C) groups is 1. The summed E-state index contributed by atoms with van der Waals surface area (Å²) >= 11 is 0. The molecule has 33 heavy (non-hydrogen) atoms. The van der Waals surface area contributed by atoms with Crippen LogP contribution in [0.25, 0.3) is 0 Å². The van der Waals surface area contributed by atoms with Crippen LogP contribution < -0.4 is 15.5 Å². The zero-order chi connectivity index (χ0) is 23.2. The summed E-state index contributed by atoms with van der Waals surface area (Å²) in [7, 11) is 1.66. The number of rotatable bonds is 8. The molecule has 3 aliphatic rings. The minimum Gasteiger partial charge on any atom is -0.418 e. The fraction of sp³-hybridized carbons (Fsp3) is 0.565. The summed E-state index contributed by atoms with van der Waals surface area (Å²) in [5.41, 5.74) is 1.77. The first-order chi connectivity index (χ1) is 16.1. The zero-order valence-electron chi connectivity index (χ0n) is 19.2. The lowest BCUT2D eigenvalue weighted by atomic mass is 9.91. The number of oxazole rings is 1. The van der Waals surface area contributed by atoms with Gasteiger partial charge >= 0.3 is 6.01 Å². The summed E-state index contributed by atoms with van der Waals surface area (Å²) in [6, 6.07) is 0.553. The number of carbonyl (C=O) groups is 2. The largest absolute Gasteiger partial charge is 0.418 e. The Morgan fingerprint density at radius 1 is 1.45 bits per heavy atom. The predicted molar refractivity (Wildman–Crippen MR) is 124 cm³/mol. The molecule has 2 atom stereocenters. The van der Waals surface area contributed by atoms with Crippen molar-refractivity contribution in [1.29, 1.82) is 0 Å². The second-order valence-corrected chi connectivity index (χ2v) is 8.51. The highest BCUT2D eigenvalue weighted by atomic mass is 16.5. The van der Waals surface area contributed by atoms with E-state index >= 15 is 0 Å². The highest BCUT2D eigenvalue weighted by Crippen LogP contribution is 2.35. The van der Waals surface area contributed by atoms with Gasteiger partial charge in [-0.2, -0.15) is 0 Å². The molecule has 0 bridgehead atoms. The van der Waals surface area contributed by atoms with Crippen LogP contribution in [-0.4, -0.2) is 79.9 Å². The fourth-order valence-electron chi connectivity index (χ4n) is 4.52. The number of hydrogen-bond acceptors (Lipinski definition) is 8. The molecular weight excluding hydrogens is 424 g/mol. The van der Waals surface area contributed by atoms with Crippen LogP contribution in [0.4, 0.5) is 6.01 Å². The molecule has 2 aliphatic heterocycles. The van der Waals surface area contributed by atoms with Crippen molar-refractivity contribution < 1.29 is 18.7 Å². The van der Waals surface area contributed by atoms with Crippen LogP contribution >= 0.6 is 0 Å². The number of carbonyl (C=O) groups excluding carboxylic acids is 2. The van der Waals surface area contributed by atoms with E-state index in [-0.39, 0.29) is 23.8 Å². The number of piperazine rings is 1. The standard InChI is InChI=1S/C23H32N6O4/c1-16(28-12-10-25-11-13-28)6-7-24-8-9-26-21(30)20-14-27-23(33-20)29-15-18-17(22(29)31)4-3-5-19(18)32-2/h7-9,14,16,19,25H,3-6,10-13,15H2,1-2H3,(H,26,30)/b9-8+,24-7?. The van der Waals surface area contributed by atoms with E-state index < -0.39 is 5.91 Å². The lowest BCUT2D eigenvalue weighted by Crippen LogP contribution is -2.47. The molecule has 2 N–H and O–H groups in total. The van der Waals surface area contributed by atoms with Gasteiger partial charge in [0.25, 0.3) is 11.8 Å². The Bertz CT molecular complexity index is 947. The quantitative estimate of drug-likeness (QED) is 0.570. The first-order valence-corrected chi connectivity index (χ1v) is 11.5. The Labute approximate surface area is 193 Å². The molecule has 0 spiro atoms. The van der Waals surface area contributed by atoms with Crippen LogP contribution in [0, 0.1) is 0 Å². The molecule has 10 heteroatoms. The first-order valence-electron chi connectivity index (χ1n) is 11.5. The van der Waals surface area contributed by atoms with Gasteiger partial charge < -0.3 is 19.8 Å². The average molecular weight is 457 g/mol. The van der Waals surface area contributed by atoms with E-state index in [0.717, 1.165) is 63.0 Å². The van der Waals surface area contributed by atoms with Gasteiger partial charge in [-0.05, 0) is 38.2 Å². The SMILES string of the molecule is COC1CCCC2=C1CN(c1ncc(C(=O)N/C=C/N=CCC(C)N3CCNCC3)o1)C2=O. The Morgan fingerprint density at radius 2 is 2.27 bits per heavy atom. The summed E-state index contributed by atoms with van der Waals surface area (Å²) in [6.07, 6.45) is 9.52. The summed E-state index contributed by atoms with van der Waals surface area (Å²) in [5, 5.41) is 5.96. The first kappa shape index (κ1) is 23.3. The molecule has 1 aliphatic carbocycles. The normalized spacial score (nSPS) is 23.0. The summed E-state index contributed by atoms with van der Waals surface area (Å²) in [6.45, 7) is 6.72. The number of methoxy groups -OCH3 is 1. The number of nitrogens with zero attached hydrogens (tertiary/aromatic N) is 4. The second-order valence-electron chi connectivity index (χ2n) is 8.51. The van der Waals surface area contributed by atoms with E-state index in [1.54, 1.807) is 7.11 Å². The van der Waals surface area contributed by atoms with E-state index in [9.17, 15) is 9.59 Å². The van der Waals surface area contributed by atoms with Gasteiger partial charge in [-0.3, -0.25) is 24.4 Å². The van der Waals surface area contributed by atoms with Gasteiger partial charge in [-0.1, -0.05) is 0 Å². The monoisotopic (exact) mass is 456 g/mol. The van der Waals surface area contributed by atoms with Crippen molar-refractivity contribution >= 4 is 24.0 Å². The van der Waals surface area contributed by atoms with Gasteiger partial charge in [0.2, 0.25) is 5.76 Å². The molecule has 4 rings (SSSR count). The molecule has 2 amide bonds. The van der Waals surface area contributed by atoms with Crippen LogP contribution in [-0.2, 0) is 9.53 Å². The third-order valence-corrected chi connectivity index (χ3v) is 6.44. The number of aromatic nitrogens is 1. The maximum absolute atomic E-state index is 12.8. The van der Waals surface area contributed by atoms with Crippen molar-refractivity contribution in [3.8, 4) is 0 Å². The van der Waals surface area contributed by atoms with Gasteiger partial charge in [0.1, 0.15) is 0 Å². The van der Waals surface area contributed by atoms with Crippen LogP contribution in [0.2, 0.25) is 0 Å². The van der Waals surface area contributed by atoms with E-state index in [0.29, 0.717) is 12.6 Å². The van der Waals surface area contributed by atoms with Crippen molar-refractivity contribution in [3.63, 3.8) is 0 Å². The van der Waals surface area contributed by atoms with Crippen LogP contribution in [0.15, 0.2) is 39.2 Å². The molecule has 1 aromatic heterocycles. The molecule has 1 fully saturated rings. The van der Waals surface area contributed by atoms with Crippen LogP contribution in [0.1, 0.15) is 43.2 Å². The average Bonchev–Trinajstić information content (AvgIpc) is 3.46. The van der Waals surface area contributed by atoms with E-state index in [4.69, 9.17) is 9.15 Å². The molecule has 2 unspecified atom stereocenters. The Morgan fingerprint density at radius 3 is 3.06 bits per heavy atom. The predicted octanol–water partition coefficient (Wildman–Crippen LogP) is 1.47. The van der Waals surface area contributed by atoms with E-state index in [1.807, 2.05) is 6.21 Å². The number of hydrogen-bond donors (Lipinski definition) is 2. The van der Waals surface area contributed by atoms with Gasteiger partial charge in [0.05, 0.1) is 18.8 Å². The molecule has 0 radical (unpaired) electrons. The van der Waals surface area contributed by atoms with Gasteiger partial charge in [-0.15, -0.1) is 0 Å². The molecule has 3 heterocycles. The van der Waals surface area contributed by atoms with Crippen LogP contribution in [0.5, 0.6) is 0 Å². The minimum atomic E-state index is -0.450. The summed E-state index contributed by atoms with van der Waals surface area (Å²) in [4.78, 5) is 37.4. The Kier molecular flexibility index (Phi) is 7.69. The van der Waals surface area contributed by atoms with Crippen molar-refractivity contribution in [2.24, 2.45) is 4.99 Å². The lowest BCUT2D eigenvalue weighted by Gasteiger charge is -2.32. The van der Waals surface area contributed by atoms with E-state index in [2.05, 4.69) is 32.4 Å². The second kappa shape index (κ2) is 10.9. The highest BCUT2D eigenvalue weighted by molar-refractivity contribution is 6.08. The third-order valence-electron chi connectivity index (χ3n) is 6.44. The Balaban J connectivity index is 1.26. The molecular formula is C23H32N6O4. The fourth-order valence-corrected chi connectivity index (χ4v) is 4.52. The maximum atomic E-state index is 12.8. The molecule has 10 nitrogen and oxygen atoms in total. The van der Waals surface area contributed by atoms with E-state index in [1.165, 1.54) is 23.5 Å². The molecule has 1 aromatic rings. The molecule has 178 valence electrons. The third kappa shape index (κ3) is 5.40. The minimum absolute atomic E-state index is 0.0342. The molecule has 0 saturated carbocycles. The van der Waals surface area contributed by atoms with Crippen molar-refractivity contribution in [2.45, 2.75) is 44.8 Å². The Hall–Kier alpha value is -2.82. The number of anilines is 1. The summed E-state index contributed by atoms with van der Waals surface area (Å²) < 4.78 is 11.1. The van der Waals surface area contributed by atoms with Gasteiger partial charge in [0, 0.05) is 63.5 Å². The topological polar surface area (TPSA) is 112 Å². The smallest absolute Gasteiger partial charge is 0.305 e. The van der Waals surface area contributed by atoms with Crippen LogP contribution in [0.3, 0.4) is 0 Å². The summed E-state index contributed by atoms with van der Waals surface area (Å²) in [5.74, 6) is -0.537. The molecule has 1 saturated heterocycles. The van der Waals surface area contributed by atoms with Crippen molar-refractivity contribution in [2.75, 3.05) is 44.7 Å². The maximum Gasteiger partial charge on any atom is 0.305 e. The number of ether oxygens (including phenoxy) is 1. The van der Waals surface area contributed by atoms with Gasteiger partial charge in [0.15, 0.2) is 0 Å². The number of nitrogens with one attached hydrogen (secondary N) is 2.